The molecule has 0 saturated carbocycles. The van der Waals surface area contributed by atoms with Crippen LogP contribution in [0.3, 0.4) is 0 Å². The van der Waals surface area contributed by atoms with Gasteiger partial charge in [0.05, 0.1) is 19.1 Å². The van der Waals surface area contributed by atoms with Crippen LogP contribution in [0.15, 0.2) is 30.5 Å². The smallest absolute Gasteiger partial charge is 0.227 e. The molecule has 0 aliphatic carbocycles. The fraction of sp³-hybridized carbons (Fsp3) is 0.438. The number of hydrogen-bond acceptors (Lipinski definition) is 3. The molecule has 1 aliphatic heterocycles. The molecule has 3 rings (SSSR count). The van der Waals surface area contributed by atoms with E-state index in [1.165, 1.54) is 10.9 Å². The number of carbonyl (C=O) groups excluding carboxylic acids is 1. The van der Waals surface area contributed by atoms with E-state index < -0.39 is 0 Å². The summed E-state index contributed by atoms with van der Waals surface area (Å²) < 4.78 is 5.36. The zero-order chi connectivity index (χ0) is 14.7. The first kappa shape index (κ1) is 14.1. The van der Waals surface area contributed by atoms with Gasteiger partial charge in [0.2, 0.25) is 5.91 Å². The first-order valence-corrected chi connectivity index (χ1v) is 7.37. The molecule has 112 valence electrons. The van der Waals surface area contributed by atoms with Gasteiger partial charge in [-0.3, -0.25) is 4.79 Å². The summed E-state index contributed by atoms with van der Waals surface area (Å²) in [6.07, 6.45) is 2.85. The van der Waals surface area contributed by atoms with Crippen LogP contribution in [0.25, 0.3) is 10.9 Å². The number of aromatic amines is 1. The number of ether oxygens (including phenoxy) is 1. The third-order valence-corrected chi connectivity index (χ3v) is 4.16. The van der Waals surface area contributed by atoms with E-state index in [9.17, 15) is 4.79 Å². The maximum absolute atomic E-state index is 12.2. The highest BCUT2D eigenvalue weighted by atomic mass is 16.5. The van der Waals surface area contributed by atoms with Crippen molar-refractivity contribution >= 4 is 16.8 Å². The topological polar surface area (TPSA) is 66.2 Å². The molecular weight excluding hydrogens is 266 g/mol. The predicted octanol–water partition coefficient (Wildman–Crippen LogP) is 1.06. The third kappa shape index (κ3) is 2.94. The van der Waals surface area contributed by atoms with Gasteiger partial charge in [-0.05, 0) is 25.1 Å². The first-order valence-electron chi connectivity index (χ1n) is 7.37. The van der Waals surface area contributed by atoms with Gasteiger partial charge in [0.1, 0.15) is 0 Å². The highest BCUT2D eigenvalue weighted by molar-refractivity contribution is 5.83. The van der Waals surface area contributed by atoms with Gasteiger partial charge in [0.25, 0.3) is 0 Å². The lowest BCUT2D eigenvalue weighted by molar-refractivity contribution is -0.125. The number of para-hydroxylation sites is 1. The van der Waals surface area contributed by atoms with E-state index in [2.05, 4.69) is 27.8 Å². The van der Waals surface area contributed by atoms with E-state index >= 15 is 0 Å². The van der Waals surface area contributed by atoms with E-state index in [1.807, 2.05) is 25.4 Å². The number of amides is 1. The summed E-state index contributed by atoms with van der Waals surface area (Å²) >= 11 is 0. The molecule has 2 aromatic rings. The lowest BCUT2D eigenvalue weighted by Gasteiger charge is -2.16. The minimum atomic E-state index is -0.0852. The summed E-state index contributed by atoms with van der Waals surface area (Å²) in [5, 5.41) is 7.38. The average molecular weight is 287 g/mol. The molecule has 1 aromatic heterocycles. The Morgan fingerprint density at radius 1 is 1.38 bits per heavy atom. The van der Waals surface area contributed by atoms with Gasteiger partial charge < -0.3 is 20.4 Å². The van der Waals surface area contributed by atoms with Gasteiger partial charge in [-0.1, -0.05) is 18.2 Å². The Kier molecular flexibility index (Phi) is 4.22. The Morgan fingerprint density at radius 3 is 3.10 bits per heavy atom. The molecule has 2 heterocycles. The number of hydrogen-bond donors (Lipinski definition) is 3. The van der Waals surface area contributed by atoms with Crippen LogP contribution >= 0.6 is 0 Å². The molecule has 0 bridgehead atoms. The number of H-pyrrole nitrogens is 1. The van der Waals surface area contributed by atoms with Crippen molar-refractivity contribution in [3.8, 4) is 0 Å². The SMILES string of the molecule is CNC1COCC1C(=O)NCCc1c[nH]c2ccccc12. The Labute approximate surface area is 124 Å². The Morgan fingerprint density at radius 2 is 2.24 bits per heavy atom. The minimum absolute atomic E-state index is 0.0756. The molecule has 1 saturated heterocycles. The fourth-order valence-electron chi connectivity index (χ4n) is 2.89. The molecule has 1 amide bonds. The number of benzene rings is 1. The summed E-state index contributed by atoms with van der Waals surface area (Å²) in [5.74, 6) is -0.00957. The van der Waals surface area contributed by atoms with E-state index in [1.54, 1.807) is 0 Å². The average Bonchev–Trinajstić information content (AvgIpc) is 3.14. The molecule has 2 atom stereocenters. The maximum Gasteiger partial charge on any atom is 0.227 e. The molecule has 0 spiro atoms. The molecule has 1 aliphatic rings. The van der Waals surface area contributed by atoms with Crippen LogP contribution in [0, 0.1) is 5.92 Å². The van der Waals surface area contributed by atoms with Crippen LogP contribution < -0.4 is 10.6 Å². The number of carbonyl (C=O) groups is 1. The Balaban J connectivity index is 1.55. The monoisotopic (exact) mass is 287 g/mol. The van der Waals surface area contributed by atoms with E-state index in [4.69, 9.17) is 4.74 Å². The van der Waals surface area contributed by atoms with E-state index in [0.29, 0.717) is 19.8 Å². The normalized spacial score (nSPS) is 21.8. The van der Waals surface area contributed by atoms with Crippen molar-refractivity contribution in [3.05, 3.63) is 36.0 Å². The summed E-state index contributed by atoms with van der Waals surface area (Å²) in [5.41, 5.74) is 2.37. The third-order valence-electron chi connectivity index (χ3n) is 4.16. The first-order chi connectivity index (χ1) is 10.3. The number of fused-ring (bicyclic) bond motifs is 1. The summed E-state index contributed by atoms with van der Waals surface area (Å²) in [4.78, 5) is 15.4. The standard InChI is InChI=1S/C16H21N3O2/c1-17-15-10-21-9-13(15)16(20)18-7-6-11-8-19-14-5-3-2-4-12(11)14/h2-5,8,13,15,17,19H,6-7,9-10H2,1H3,(H,18,20). The largest absolute Gasteiger partial charge is 0.379 e. The second-order valence-corrected chi connectivity index (χ2v) is 5.44. The quantitative estimate of drug-likeness (QED) is 0.770. The Hall–Kier alpha value is -1.85. The van der Waals surface area contributed by atoms with Gasteiger partial charge in [-0.2, -0.15) is 0 Å². The molecule has 5 nitrogen and oxygen atoms in total. The number of likely N-dealkylation sites (N-methyl/N-ethyl adjacent to an activating group) is 1. The van der Waals surface area contributed by atoms with Crippen molar-refractivity contribution in [3.63, 3.8) is 0 Å². The van der Waals surface area contributed by atoms with Crippen LogP contribution in [-0.2, 0) is 16.0 Å². The highest BCUT2D eigenvalue weighted by Gasteiger charge is 2.32. The molecule has 1 fully saturated rings. The summed E-state index contributed by atoms with van der Waals surface area (Å²) in [7, 11) is 1.87. The van der Waals surface area contributed by atoms with Crippen LogP contribution in [0.5, 0.6) is 0 Å². The lowest BCUT2D eigenvalue weighted by atomic mass is 10.0. The molecule has 3 N–H and O–H groups in total. The lowest BCUT2D eigenvalue weighted by Crippen LogP contribution is -2.43. The van der Waals surface area contributed by atoms with Gasteiger partial charge in [-0.15, -0.1) is 0 Å². The van der Waals surface area contributed by atoms with Crippen molar-refractivity contribution in [1.29, 1.82) is 0 Å². The molecule has 0 radical (unpaired) electrons. The van der Waals surface area contributed by atoms with Gasteiger partial charge in [0.15, 0.2) is 0 Å². The summed E-state index contributed by atoms with van der Waals surface area (Å²) in [6.45, 7) is 1.76. The second-order valence-electron chi connectivity index (χ2n) is 5.44. The van der Waals surface area contributed by atoms with Crippen LogP contribution in [0.2, 0.25) is 0 Å². The number of rotatable bonds is 5. The van der Waals surface area contributed by atoms with E-state index in [0.717, 1.165) is 11.9 Å². The molecule has 1 aromatic carbocycles. The maximum atomic E-state index is 12.2. The van der Waals surface area contributed by atoms with Crippen molar-refractivity contribution < 1.29 is 9.53 Å². The number of nitrogens with one attached hydrogen (secondary N) is 3. The van der Waals surface area contributed by atoms with Gasteiger partial charge >= 0.3 is 0 Å². The minimum Gasteiger partial charge on any atom is -0.379 e. The zero-order valence-electron chi connectivity index (χ0n) is 12.2. The Bertz CT molecular complexity index is 623. The highest BCUT2D eigenvalue weighted by Crippen LogP contribution is 2.18. The molecule has 5 heteroatoms. The second kappa shape index (κ2) is 6.28. The molecule has 21 heavy (non-hydrogen) atoms. The van der Waals surface area contributed by atoms with Crippen molar-refractivity contribution in [2.24, 2.45) is 5.92 Å². The van der Waals surface area contributed by atoms with Crippen LogP contribution in [0.4, 0.5) is 0 Å². The zero-order valence-corrected chi connectivity index (χ0v) is 12.2. The van der Waals surface area contributed by atoms with Crippen LogP contribution in [0.1, 0.15) is 5.56 Å². The van der Waals surface area contributed by atoms with Gasteiger partial charge in [0, 0.05) is 29.7 Å². The van der Waals surface area contributed by atoms with Gasteiger partial charge in [-0.25, -0.2) is 0 Å². The van der Waals surface area contributed by atoms with Crippen molar-refractivity contribution in [1.82, 2.24) is 15.6 Å². The van der Waals surface area contributed by atoms with Crippen LogP contribution in [-0.4, -0.2) is 43.7 Å². The summed E-state index contributed by atoms with van der Waals surface area (Å²) in [6, 6.07) is 8.34. The molecule has 2 unspecified atom stereocenters. The van der Waals surface area contributed by atoms with E-state index in [-0.39, 0.29) is 17.9 Å². The number of aromatic nitrogens is 1. The van der Waals surface area contributed by atoms with Crippen molar-refractivity contribution in [2.75, 3.05) is 26.8 Å². The molecular formula is C16H21N3O2. The predicted molar refractivity (Wildman–Crippen MR) is 82.2 cm³/mol. The van der Waals surface area contributed by atoms with Crippen molar-refractivity contribution in [2.45, 2.75) is 12.5 Å². The fourth-order valence-corrected chi connectivity index (χ4v) is 2.89.